The third-order valence-corrected chi connectivity index (χ3v) is 0.997. The summed E-state index contributed by atoms with van der Waals surface area (Å²) in [7, 11) is 1.80. The molecule has 0 radical (unpaired) electrons. The highest BCUT2D eigenvalue weighted by atomic mass is 15.4. The summed E-state index contributed by atoms with van der Waals surface area (Å²) >= 11 is 0. The van der Waals surface area contributed by atoms with Gasteiger partial charge in [-0.25, -0.2) is 0 Å². The third-order valence-electron chi connectivity index (χ3n) is 0.997. The van der Waals surface area contributed by atoms with Gasteiger partial charge < -0.3 is 5.73 Å². The molecule has 8 heavy (non-hydrogen) atoms. The first kappa shape index (κ1) is 5.08. The molecule has 0 saturated heterocycles. The Hall–Kier alpha value is -1.06. The van der Waals surface area contributed by atoms with Crippen LogP contribution in [0.4, 0.5) is 5.95 Å². The van der Waals surface area contributed by atoms with Crippen LogP contribution in [0.15, 0.2) is 0 Å². The maximum Gasteiger partial charge on any atom is 0.239 e. The van der Waals surface area contributed by atoms with Crippen LogP contribution in [0.5, 0.6) is 0 Å². The van der Waals surface area contributed by atoms with Gasteiger partial charge in [0.2, 0.25) is 5.95 Å². The molecule has 1 aromatic rings. The average molecular weight is 114 g/mol. The fourth-order valence-corrected chi connectivity index (χ4v) is 0.487. The molecule has 0 saturated carbocycles. The van der Waals surface area contributed by atoms with E-state index in [1.807, 2.05) is 6.92 Å². The van der Waals surface area contributed by atoms with Crippen LogP contribution < -0.4 is 5.73 Å². The lowest BCUT2D eigenvalue weighted by atomic mass is 10.7. The molecule has 0 amide bonds. The summed E-state index contributed by atoms with van der Waals surface area (Å²) < 4.78 is 1.63. The van der Waals surface area contributed by atoms with Crippen LogP contribution in [0.3, 0.4) is 0 Å². The minimum Gasteiger partial charge on any atom is -0.366 e. The van der Waals surface area contributed by atoms with Gasteiger partial charge in [0, 0.05) is 8.47 Å². The number of nitrogen functional groups attached to an aromatic ring is 1. The molecular weight excluding hydrogens is 104 g/mol. The van der Waals surface area contributed by atoms with Crippen LogP contribution in [0.25, 0.3) is 0 Å². The second-order valence-corrected chi connectivity index (χ2v) is 1.64. The van der Waals surface area contributed by atoms with E-state index in [1.165, 1.54) is 0 Å². The largest absolute Gasteiger partial charge is 0.366 e. The van der Waals surface area contributed by atoms with Gasteiger partial charge in [-0.3, -0.25) is 4.68 Å². The third kappa shape index (κ3) is 0.641. The van der Waals surface area contributed by atoms with Crippen LogP contribution in [-0.2, 0) is 7.05 Å². The zero-order valence-corrected chi connectivity index (χ0v) is 4.92. The van der Waals surface area contributed by atoms with E-state index in [9.17, 15) is 0 Å². The quantitative estimate of drug-likeness (QED) is 0.514. The Balaban J connectivity index is 0.000000640. The lowest BCUT2D eigenvalue weighted by molar-refractivity contribution is 0.737. The normalized spacial score (nSPS) is 9.75. The van der Waals surface area contributed by atoms with Gasteiger partial charge in [0.05, 0.1) is 0 Å². The number of nitrogens with zero attached hydrogens (tertiary/aromatic N) is 3. The van der Waals surface area contributed by atoms with E-state index in [-0.39, 0.29) is 1.43 Å². The molecular formula is C4H10N4. The van der Waals surface area contributed by atoms with Gasteiger partial charge in [-0.15, -0.1) is 5.10 Å². The van der Waals surface area contributed by atoms with Crippen molar-refractivity contribution in [1.29, 1.82) is 0 Å². The first-order valence-corrected chi connectivity index (χ1v) is 2.33. The van der Waals surface area contributed by atoms with E-state index < -0.39 is 0 Å². The van der Waals surface area contributed by atoms with Crippen molar-refractivity contribution in [3.63, 3.8) is 0 Å². The zero-order valence-electron chi connectivity index (χ0n) is 4.92. The van der Waals surface area contributed by atoms with Crippen molar-refractivity contribution in [2.24, 2.45) is 7.05 Å². The van der Waals surface area contributed by atoms with Crippen molar-refractivity contribution in [1.82, 2.24) is 14.8 Å². The van der Waals surface area contributed by atoms with Crippen molar-refractivity contribution >= 4 is 5.95 Å². The Morgan fingerprint density at radius 1 is 1.75 bits per heavy atom. The lowest BCUT2D eigenvalue weighted by Crippen LogP contribution is -1.93. The Morgan fingerprint density at radius 2 is 2.38 bits per heavy atom. The van der Waals surface area contributed by atoms with Gasteiger partial charge in [-0.05, 0) is 6.92 Å². The number of hydrogen-bond acceptors (Lipinski definition) is 3. The standard InChI is InChI=1S/C4H8N4.H2/c1-3-6-4(5)7-8(3)2;/h1-2H3,(H2,5,7);1H. The predicted molar refractivity (Wildman–Crippen MR) is 32.3 cm³/mol. The van der Waals surface area contributed by atoms with Crippen molar-refractivity contribution in [2.75, 3.05) is 5.73 Å². The smallest absolute Gasteiger partial charge is 0.239 e. The van der Waals surface area contributed by atoms with E-state index in [2.05, 4.69) is 10.1 Å². The molecule has 0 aliphatic heterocycles. The number of nitrogens with two attached hydrogens (primary N) is 1. The maximum absolute atomic E-state index is 5.24. The Bertz CT molecular complexity index is 175. The zero-order chi connectivity index (χ0) is 6.15. The molecule has 0 atom stereocenters. The van der Waals surface area contributed by atoms with Gasteiger partial charge in [0.25, 0.3) is 0 Å². The molecule has 1 rings (SSSR count). The van der Waals surface area contributed by atoms with E-state index in [4.69, 9.17) is 5.73 Å². The highest BCUT2D eigenvalue weighted by molar-refractivity contribution is 5.12. The van der Waals surface area contributed by atoms with Gasteiger partial charge in [-0.2, -0.15) is 4.98 Å². The number of hydrogen-bond donors (Lipinski definition) is 1. The summed E-state index contributed by atoms with van der Waals surface area (Å²) in [5.74, 6) is 1.17. The number of aryl methyl sites for hydroxylation is 2. The van der Waals surface area contributed by atoms with Crippen molar-refractivity contribution in [2.45, 2.75) is 6.92 Å². The van der Waals surface area contributed by atoms with Gasteiger partial charge in [-0.1, -0.05) is 0 Å². The highest BCUT2D eigenvalue weighted by Gasteiger charge is 1.94. The van der Waals surface area contributed by atoms with Crippen LogP contribution in [0, 0.1) is 6.92 Å². The molecule has 1 aromatic heterocycles. The molecule has 0 aromatic carbocycles. The lowest BCUT2D eigenvalue weighted by Gasteiger charge is -1.84. The summed E-state index contributed by atoms with van der Waals surface area (Å²) in [5.41, 5.74) is 5.24. The summed E-state index contributed by atoms with van der Waals surface area (Å²) in [6.07, 6.45) is 0. The van der Waals surface area contributed by atoms with Gasteiger partial charge in [0.1, 0.15) is 5.82 Å². The molecule has 4 nitrogen and oxygen atoms in total. The number of anilines is 1. The predicted octanol–water partition coefficient (Wildman–Crippen LogP) is -0.0483. The van der Waals surface area contributed by atoms with Crippen LogP contribution in [-0.4, -0.2) is 14.8 Å². The SMILES string of the molecule is Cc1nc(N)nn1C.[HH]. The first-order chi connectivity index (χ1) is 3.70. The number of rotatable bonds is 0. The van der Waals surface area contributed by atoms with E-state index in [0.29, 0.717) is 5.95 Å². The van der Waals surface area contributed by atoms with Crippen molar-refractivity contribution in [3.8, 4) is 0 Å². The fraction of sp³-hybridized carbons (Fsp3) is 0.500. The molecule has 0 aliphatic carbocycles. The van der Waals surface area contributed by atoms with E-state index >= 15 is 0 Å². The molecule has 2 N–H and O–H groups in total. The minimum absolute atomic E-state index is 0. The van der Waals surface area contributed by atoms with Crippen molar-refractivity contribution in [3.05, 3.63) is 5.82 Å². The molecule has 0 fully saturated rings. The second-order valence-electron chi connectivity index (χ2n) is 1.64. The second kappa shape index (κ2) is 1.47. The molecule has 1 heterocycles. The molecule has 0 unspecified atom stereocenters. The maximum atomic E-state index is 5.24. The Kier molecular flexibility index (Phi) is 0.932. The monoisotopic (exact) mass is 114 g/mol. The van der Waals surface area contributed by atoms with Crippen molar-refractivity contribution < 1.29 is 1.43 Å². The van der Waals surface area contributed by atoms with Gasteiger partial charge >= 0.3 is 0 Å². The highest BCUT2D eigenvalue weighted by Crippen LogP contribution is 1.92. The summed E-state index contributed by atoms with van der Waals surface area (Å²) in [6, 6.07) is 0. The molecule has 0 bridgehead atoms. The topological polar surface area (TPSA) is 56.7 Å². The molecule has 46 valence electrons. The van der Waals surface area contributed by atoms with E-state index in [1.54, 1.807) is 11.7 Å². The summed E-state index contributed by atoms with van der Waals surface area (Å²) in [5, 5.41) is 3.79. The summed E-state index contributed by atoms with van der Waals surface area (Å²) in [4.78, 5) is 3.84. The molecule has 0 spiro atoms. The van der Waals surface area contributed by atoms with E-state index in [0.717, 1.165) is 5.82 Å². The first-order valence-electron chi connectivity index (χ1n) is 2.33. The summed E-state index contributed by atoms with van der Waals surface area (Å²) in [6.45, 7) is 1.85. The average Bonchev–Trinajstić information content (AvgIpc) is 1.85. The van der Waals surface area contributed by atoms with Crippen LogP contribution in [0.2, 0.25) is 0 Å². The fourth-order valence-electron chi connectivity index (χ4n) is 0.487. The Labute approximate surface area is 48.8 Å². The van der Waals surface area contributed by atoms with Crippen LogP contribution in [0.1, 0.15) is 7.25 Å². The number of aromatic nitrogens is 3. The molecule has 4 heteroatoms. The molecule has 0 aliphatic rings. The van der Waals surface area contributed by atoms with Crippen LogP contribution >= 0.6 is 0 Å². The Morgan fingerprint density at radius 3 is 2.50 bits per heavy atom. The minimum atomic E-state index is 0. The van der Waals surface area contributed by atoms with Gasteiger partial charge in [0.15, 0.2) is 0 Å².